The van der Waals surface area contributed by atoms with Gasteiger partial charge in [0.15, 0.2) is 21.6 Å². The number of sulfone groups is 1. The summed E-state index contributed by atoms with van der Waals surface area (Å²) >= 11 is 1.28. The first-order chi connectivity index (χ1) is 15.8. The van der Waals surface area contributed by atoms with Crippen LogP contribution in [-0.4, -0.2) is 51.2 Å². The number of hydrogen-bond donors (Lipinski definition) is 0. The zero-order chi connectivity index (χ0) is 23.6. The highest BCUT2D eigenvalue weighted by Gasteiger charge is 2.29. The molecule has 2 aromatic carbocycles. The van der Waals surface area contributed by atoms with Gasteiger partial charge in [-0.15, -0.1) is 17.9 Å². The molecular formula is C23H21N3O5S2. The lowest BCUT2D eigenvalue weighted by molar-refractivity contribution is -0.124. The van der Waals surface area contributed by atoms with Crippen LogP contribution in [0.3, 0.4) is 0 Å². The SMILES string of the molecule is C=CCN(C(=O)CN1C(=O)COc2ccccc21)c1nc(-c2ccc(S(C)(=O)=O)cc2)cs1. The first kappa shape index (κ1) is 22.7. The van der Waals surface area contributed by atoms with Crippen LogP contribution in [0.5, 0.6) is 5.75 Å². The smallest absolute Gasteiger partial charge is 0.265 e. The summed E-state index contributed by atoms with van der Waals surface area (Å²) in [7, 11) is -3.29. The van der Waals surface area contributed by atoms with E-state index in [1.165, 1.54) is 33.3 Å². The number of hydrogen-bond acceptors (Lipinski definition) is 7. The van der Waals surface area contributed by atoms with E-state index in [1.807, 2.05) is 0 Å². The van der Waals surface area contributed by atoms with Gasteiger partial charge in [-0.1, -0.05) is 30.3 Å². The molecule has 2 heterocycles. The fraction of sp³-hybridized carbons (Fsp3) is 0.174. The zero-order valence-electron chi connectivity index (χ0n) is 17.8. The van der Waals surface area contributed by atoms with Gasteiger partial charge < -0.3 is 4.74 Å². The minimum atomic E-state index is -3.29. The number of amides is 2. The second kappa shape index (κ2) is 9.16. The van der Waals surface area contributed by atoms with E-state index in [0.717, 1.165) is 11.8 Å². The number of carbonyl (C=O) groups is 2. The highest BCUT2D eigenvalue weighted by atomic mass is 32.2. The van der Waals surface area contributed by atoms with Crippen LogP contribution in [0.4, 0.5) is 10.8 Å². The maximum Gasteiger partial charge on any atom is 0.265 e. The number of anilines is 2. The number of aromatic nitrogens is 1. The molecule has 1 aromatic heterocycles. The fourth-order valence-corrected chi connectivity index (χ4v) is 4.85. The van der Waals surface area contributed by atoms with Crippen molar-refractivity contribution in [2.24, 2.45) is 0 Å². The molecule has 8 nitrogen and oxygen atoms in total. The third-order valence-electron chi connectivity index (χ3n) is 5.02. The predicted molar refractivity (Wildman–Crippen MR) is 127 cm³/mol. The van der Waals surface area contributed by atoms with Crippen molar-refractivity contribution in [3.8, 4) is 17.0 Å². The summed E-state index contributed by atoms with van der Waals surface area (Å²) in [6.07, 6.45) is 2.74. The summed E-state index contributed by atoms with van der Waals surface area (Å²) < 4.78 is 28.8. The number of rotatable bonds is 7. The van der Waals surface area contributed by atoms with E-state index in [9.17, 15) is 18.0 Å². The lowest BCUT2D eigenvalue weighted by atomic mass is 10.2. The second-order valence-corrected chi connectivity index (χ2v) is 10.2. The average Bonchev–Trinajstić information content (AvgIpc) is 3.28. The Labute approximate surface area is 195 Å². The molecule has 2 amide bonds. The monoisotopic (exact) mass is 483 g/mol. The number of para-hydroxylation sites is 2. The van der Waals surface area contributed by atoms with Gasteiger partial charge in [0, 0.05) is 23.7 Å². The Morgan fingerprint density at radius 1 is 1.24 bits per heavy atom. The van der Waals surface area contributed by atoms with Crippen LogP contribution in [0.15, 0.2) is 71.5 Å². The van der Waals surface area contributed by atoms with Crippen molar-refractivity contribution in [2.75, 3.05) is 35.8 Å². The number of nitrogens with zero attached hydrogens (tertiary/aromatic N) is 3. The largest absolute Gasteiger partial charge is 0.482 e. The minimum absolute atomic E-state index is 0.128. The molecule has 3 aromatic rings. The molecule has 0 bridgehead atoms. The Bertz CT molecular complexity index is 1320. The minimum Gasteiger partial charge on any atom is -0.482 e. The van der Waals surface area contributed by atoms with E-state index < -0.39 is 9.84 Å². The van der Waals surface area contributed by atoms with E-state index in [0.29, 0.717) is 22.3 Å². The first-order valence-corrected chi connectivity index (χ1v) is 12.7. The lowest BCUT2D eigenvalue weighted by Crippen LogP contribution is -2.46. The van der Waals surface area contributed by atoms with Crippen LogP contribution >= 0.6 is 11.3 Å². The van der Waals surface area contributed by atoms with Gasteiger partial charge in [-0.05, 0) is 24.3 Å². The average molecular weight is 484 g/mol. The van der Waals surface area contributed by atoms with Crippen LogP contribution in [0, 0.1) is 0 Å². The van der Waals surface area contributed by atoms with E-state index in [-0.39, 0.29) is 36.4 Å². The molecule has 0 spiro atoms. The van der Waals surface area contributed by atoms with E-state index in [4.69, 9.17) is 4.74 Å². The predicted octanol–water partition coefficient (Wildman–Crippen LogP) is 3.16. The molecule has 1 aliphatic heterocycles. The zero-order valence-corrected chi connectivity index (χ0v) is 19.4. The van der Waals surface area contributed by atoms with Crippen molar-refractivity contribution in [3.05, 3.63) is 66.6 Å². The Kier molecular flexibility index (Phi) is 6.30. The molecule has 0 radical (unpaired) electrons. The third-order valence-corrected chi connectivity index (χ3v) is 7.01. The highest BCUT2D eigenvalue weighted by Crippen LogP contribution is 2.32. The summed E-state index contributed by atoms with van der Waals surface area (Å²) in [4.78, 5) is 33.3. The van der Waals surface area contributed by atoms with E-state index in [2.05, 4.69) is 11.6 Å². The van der Waals surface area contributed by atoms with Crippen LogP contribution in [0.2, 0.25) is 0 Å². The number of benzene rings is 2. The topological polar surface area (TPSA) is 96.9 Å². The molecule has 0 N–H and O–H groups in total. The van der Waals surface area contributed by atoms with E-state index in [1.54, 1.807) is 47.9 Å². The number of thiazole rings is 1. The van der Waals surface area contributed by atoms with Crippen molar-refractivity contribution >= 4 is 43.8 Å². The van der Waals surface area contributed by atoms with Gasteiger partial charge in [0.1, 0.15) is 12.3 Å². The molecule has 10 heteroatoms. The second-order valence-electron chi connectivity index (χ2n) is 7.34. The van der Waals surface area contributed by atoms with Gasteiger partial charge in [0.05, 0.1) is 16.3 Å². The van der Waals surface area contributed by atoms with Crippen molar-refractivity contribution in [2.45, 2.75) is 4.90 Å². The molecular weight excluding hydrogens is 462 g/mol. The molecule has 170 valence electrons. The van der Waals surface area contributed by atoms with Gasteiger partial charge in [0.2, 0.25) is 5.91 Å². The van der Waals surface area contributed by atoms with Gasteiger partial charge in [-0.25, -0.2) is 13.4 Å². The normalized spacial score (nSPS) is 13.2. The van der Waals surface area contributed by atoms with Crippen molar-refractivity contribution in [1.82, 2.24) is 4.98 Å². The molecule has 0 saturated carbocycles. The Morgan fingerprint density at radius 3 is 2.67 bits per heavy atom. The summed E-state index contributed by atoms with van der Waals surface area (Å²) in [5.41, 5.74) is 1.89. The first-order valence-electron chi connectivity index (χ1n) is 9.97. The molecule has 1 aliphatic rings. The van der Waals surface area contributed by atoms with E-state index >= 15 is 0 Å². The Morgan fingerprint density at radius 2 is 1.97 bits per heavy atom. The number of ether oxygens (including phenoxy) is 1. The Balaban J connectivity index is 1.57. The maximum atomic E-state index is 13.2. The van der Waals surface area contributed by atoms with Crippen molar-refractivity contribution in [1.29, 1.82) is 0 Å². The fourth-order valence-electron chi connectivity index (χ4n) is 3.36. The number of fused-ring (bicyclic) bond motifs is 1. The summed E-state index contributed by atoms with van der Waals surface area (Å²) in [6, 6.07) is 13.5. The molecule has 0 aliphatic carbocycles. The van der Waals surface area contributed by atoms with Crippen LogP contribution in [0.1, 0.15) is 0 Å². The van der Waals surface area contributed by atoms with Crippen molar-refractivity contribution in [3.63, 3.8) is 0 Å². The van der Waals surface area contributed by atoms with Gasteiger partial charge in [-0.3, -0.25) is 19.4 Å². The molecule has 0 saturated heterocycles. The summed E-state index contributed by atoms with van der Waals surface area (Å²) in [6.45, 7) is 3.66. The maximum absolute atomic E-state index is 13.2. The third kappa shape index (κ3) is 4.81. The molecule has 4 rings (SSSR count). The molecule has 0 fully saturated rings. The lowest BCUT2D eigenvalue weighted by Gasteiger charge is -2.30. The van der Waals surface area contributed by atoms with Crippen LogP contribution in [-0.2, 0) is 19.4 Å². The molecule has 0 atom stereocenters. The summed E-state index contributed by atoms with van der Waals surface area (Å²) in [5.74, 6) is -0.0612. The van der Waals surface area contributed by atoms with Gasteiger partial charge in [-0.2, -0.15) is 0 Å². The standard InChI is InChI=1S/C23H21N3O5S2/c1-3-12-25(21(27)13-26-19-6-4-5-7-20(19)31-14-22(26)28)23-24-18(15-32-23)16-8-10-17(11-9-16)33(2,29)30/h3-11,15H,1,12-14H2,2H3. The molecule has 33 heavy (non-hydrogen) atoms. The summed E-state index contributed by atoms with van der Waals surface area (Å²) in [5, 5.41) is 2.25. The quantitative estimate of drug-likeness (QED) is 0.479. The highest BCUT2D eigenvalue weighted by molar-refractivity contribution is 7.90. The van der Waals surface area contributed by atoms with Gasteiger partial charge in [0.25, 0.3) is 5.91 Å². The number of carbonyl (C=O) groups excluding carboxylic acids is 2. The van der Waals surface area contributed by atoms with Gasteiger partial charge >= 0.3 is 0 Å². The molecule has 0 unspecified atom stereocenters. The van der Waals surface area contributed by atoms with Crippen molar-refractivity contribution < 1.29 is 22.7 Å². The van der Waals surface area contributed by atoms with Crippen LogP contribution in [0.25, 0.3) is 11.3 Å². The Hall–Kier alpha value is -3.50. The van der Waals surface area contributed by atoms with Crippen LogP contribution < -0.4 is 14.5 Å².